The van der Waals surface area contributed by atoms with Crippen LogP contribution in [0.4, 0.5) is 11.5 Å². The SMILES string of the molecule is CN1CCC2C3CCC(CN2c2nc(OCC45CCCN4CCC5)nc4c2C1CN(c1cc(O)cc2cccc(Cl)c12)C4)N3. The third-order valence-electron chi connectivity index (χ3n) is 11.7. The number of hydrogen-bond donors (Lipinski definition) is 2. The Morgan fingerprint density at radius 3 is 2.80 bits per heavy atom. The predicted octanol–water partition coefficient (Wildman–Crippen LogP) is 4.70. The minimum absolute atomic E-state index is 0.106. The molecule has 4 atom stereocenters. The van der Waals surface area contributed by atoms with E-state index in [1.54, 1.807) is 6.07 Å². The molecule has 2 aromatic carbocycles. The van der Waals surface area contributed by atoms with E-state index in [2.05, 4.69) is 32.0 Å². The first kappa shape index (κ1) is 27.5. The molecule has 0 saturated carbocycles. The quantitative estimate of drug-likeness (QED) is 0.434. The highest BCUT2D eigenvalue weighted by molar-refractivity contribution is 6.36. The monoisotopic (exact) mass is 615 g/mol. The molecule has 9 rings (SSSR count). The van der Waals surface area contributed by atoms with E-state index < -0.39 is 0 Å². The van der Waals surface area contributed by atoms with Crippen LogP contribution in [0.15, 0.2) is 30.3 Å². The molecular weight excluding hydrogens is 574 g/mol. The number of halogens is 1. The number of nitrogens with zero attached hydrogens (tertiary/aromatic N) is 6. The summed E-state index contributed by atoms with van der Waals surface area (Å²) in [6, 6.07) is 11.6. The van der Waals surface area contributed by atoms with E-state index in [-0.39, 0.29) is 17.3 Å². The molecule has 44 heavy (non-hydrogen) atoms. The second-order valence-corrected chi connectivity index (χ2v) is 14.5. The topological polar surface area (TPSA) is 80.2 Å². The summed E-state index contributed by atoms with van der Waals surface area (Å²) in [5.41, 5.74) is 3.35. The molecule has 4 saturated heterocycles. The Kier molecular flexibility index (Phi) is 6.45. The first-order valence-electron chi connectivity index (χ1n) is 16.6. The van der Waals surface area contributed by atoms with E-state index in [1.165, 1.54) is 57.2 Å². The van der Waals surface area contributed by atoms with Gasteiger partial charge in [-0.3, -0.25) is 9.80 Å². The lowest BCUT2D eigenvalue weighted by Crippen LogP contribution is -2.60. The van der Waals surface area contributed by atoms with Crippen LogP contribution >= 0.6 is 11.6 Å². The van der Waals surface area contributed by atoms with Crippen molar-refractivity contribution in [1.29, 1.82) is 0 Å². The molecule has 2 bridgehead atoms. The van der Waals surface area contributed by atoms with Gasteiger partial charge in [-0.2, -0.15) is 9.97 Å². The van der Waals surface area contributed by atoms with Gasteiger partial charge in [0.05, 0.1) is 34.5 Å². The van der Waals surface area contributed by atoms with Gasteiger partial charge in [-0.15, -0.1) is 0 Å². The normalized spacial score (nSPS) is 29.3. The van der Waals surface area contributed by atoms with Crippen molar-refractivity contribution >= 4 is 33.9 Å². The van der Waals surface area contributed by atoms with E-state index in [9.17, 15) is 5.11 Å². The maximum absolute atomic E-state index is 10.8. The molecule has 1 aromatic heterocycles. The van der Waals surface area contributed by atoms with Gasteiger partial charge in [0.2, 0.25) is 0 Å². The zero-order valence-corrected chi connectivity index (χ0v) is 26.3. The molecule has 2 N–H and O–H groups in total. The number of benzene rings is 2. The molecule has 4 unspecified atom stereocenters. The van der Waals surface area contributed by atoms with Crippen LogP contribution < -0.4 is 19.9 Å². The second-order valence-electron chi connectivity index (χ2n) is 14.1. The summed E-state index contributed by atoms with van der Waals surface area (Å²) < 4.78 is 6.66. The average Bonchev–Trinajstić information content (AvgIpc) is 3.72. The Labute approximate surface area is 264 Å². The molecule has 4 fully saturated rings. The number of hydrogen-bond acceptors (Lipinski definition) is 9. The van der Waals surface area contributed by atoms with Gasteiger partial charge in [0.15, 0.2) is 0 Å². The zero-order valence-electron chi connectivity index (χ0n) is 25.5. The van der Waals surface area contributed by atoms with Crippen LogP contribution in [0.5, 0.6) is 11.8 Å². The van der Waals surface area contributed by atoms with Gasteiger partial charge in [0.25, 0.3) is 0 Å². The fourth-order valence-electron chi connectivity index (χ4n) is 9.55. The molecule has 0 radical (unpaired) electrons. The third-order valence-corrected chi connectivity index (χ3v) is 12.0. The maximum Gasteiger partial charge on any atom is 0.318 e. The van der Waals surface area contributed by atoms with Crippen LogP contribution in [0, 0.1) is 0 Å². The number of piperazine rings is 1. The fraction of sp³-hybridized carbons (Fsp3) is 0.588. The van der Waals surface area contributed by atoms with Gasteiger partial charge in [-0.05, 0) is 82.6 Å². The number of phenols is 1. The van der Waals surface area contributed by atoms with Crippen LogP contribution in [-0.2, 0) is 6.54 Å². The largest absolute Gasteiger partial charge is 0.508 e. The number of phenolic OH excluding ortho intramolecular Hbond substituents is 1. The summed E-state index contributed by atoms with van der Waals surface area (Å²) in [4.78, 5) is 20.6. The molecule has 6 aliphatic heterocycles. The molecule has 0 spiro atoms. The van der Waals surface area contributed by atoms with E-state index >= 15 is 0 Å². The molecule has 3 aromatic rings. The zero-order chi connectivity index (χ0) is 29.6. The Morgan fingerprint density at radius 2 is 1.93 bits per heavy atom. The lowest BCUT2D eigenvalue weighted by molar-refractivity contribution is 0.107. The fourth-order valence-corrected chi connectivity index (χ4v) is 9.83. The molecule has 232 valence electrons. The molecule has 0 aliphatic carbocycles. The number of fused-ring (bicyclic) bond motifs is 7. The number of aromatic nitrogens is 2. The molecular formula is C34H42ClN7O2. The summed E-state index contributed by atoms with van der Waals surface area (Å²) in [6.07, 6.45) is 8.42. The van der Waals surface area contributed by atoms with Crippen molar-refractivity contribution in [3.8, 4) is 11.8 Å². The highest BCUT2D eigenvalue weighted by atomic mass is 35.5. The first-order valence-corrected chi connectivity index (χ1v) is 17.0. The van der Waals surface area contributed by atoms with E-state index in [4.69, 9.17) is 26.3 Å². The number of rotatable bonds is 4. The van der Waals surface area contributed by atoms with Crippen molar-refractivity contribution in [3.63, 3.8) is 0 Å². The number of aromatic hydroxyl groups is 1. The minimum atomic E-state index is 0.106. The molecule has 10 heteroatoms. The highest BCUT2D eigenvalue weighted by Crippen LogP contribution is 2.46. The minimum Gasteiger partial charge on any atom is -0.508 e. The van der Waals surface area contributed by atoms with Gasteiger partial charge in [0.1, 0.15) is 18.2 Å². The number of anilines is 2. The standard InChI is InChI=1S/C34H42ClN7O2/c1-39-14-9-27-25-8-7-22(36-25)17-42(27)32-31-26(37-33(38-32)44-20-34-10-3-12-41(34)13-4-11-34)18-40(19-29(31)39)28-16-23(43)15-21-5-2-6-24(35)30(21)28/h2,5-6,15-16,22,25,27,29,36,43H,3-4,7-14,17-20H2,1H3. The molecule has 0 amide bonds. The van der Waals surface area contributed by atoms with Crippen LogP contribution in [0.25, 0.3) is 10.8 Å². The highest BCUT2D eigenvalue weighted by Gasteiger charge is 2.47. The smallest absolute Gasteiger partial charge is 0.318 e. The Balaban J connectivity index is 1.16. The second kappa shape index (κ2) is 10.3. The molecule has 6 aliphatic rings. The Hall–Kier alpha value is -2.85. The van der Waals surface area contributed by atoms with Crippen molar-refractivity contribution in [2.75, 3.05) is 56.2 Å². The lowest BCUT2D eigenvalue weighted by atomic mass is 9.92. The van der Waals surface area contributed by atoms with Gasteiger partial charge in [0, 0.05) is 54.8 Å². The van der Waals surface area contributed by atoms with Gasteiger partial charge >= 0.3 is 6.01 Å². The maximum atomic E-state index is 10.8. The number of nitrogens with one attached hydrogen (secondary N) is 1. The van der Waals surface area contributed by atoms with Crippen LogP contribution in [0.1, 0.15) is 62.2 Å². The number of ether oxygens (including phenoxy) is 1. The number of likely N-dealkylation sites (N-methyl/N-ethyl adjacent to an activating group) is 1. The van der Waals surface area contributed by atoms with Crippen molar-refractivity contribution in [1.82, 2.24) is 25.1 Å². The van der Waals surface area contributed by atoms with Gasteiger partial charge in [-0.25, -0.2) is 0 Å². The lowest BCUT2D eigenvalue weighted by Gasteiger charge is -2.48. The molecule has 7 heterocycles. The van der Waals surface area contributed by atoms with Crippen molar-refractivity contribution in [2.24, 2.45) is 0 Å². The van der Waals surface area contributed by atoms with Gasteiger partial charge < -0.3 is 25.0 Å². The summed E-state index contributed by atoms with van der Waals surface area (Å²) in [6.45, 7) is 6.36. The summed E-state index contributed by atoms with van der Waals surface area (Å²) in [5.74, 6) is 1.32. The predicted molar refractivity (Wildman–Crippen MR) is 173 cm³/mol. The van der Waals surface area contributed by atoms with Gasteiger partial charge in [-0.1, -0.05) is 23.7 Å². The Bertz CT molecular complexity index is 1610. The van der Waals surface area contributed by atoms with E-state index in [1.807, 2.05) is 24.3 Å². The Morgan fingerprint density at radius 1 is 1.07 bits per heavy atom. The summed E-state index contributed by atoms with van der Waals surface area (Å²) >= 11 is 6.82. The van der Waals surface area contributed by atoms with E-state index in [0.717, 1.165) is 54.0 Å². The third kappa shape index (κ3) is 4.30. The van der Waals surface area contributed by atoms with E-state index in [0.29, 0.717) is 42.3 Å². The van der Waals surface area contributed by atoms with Crippen LogP contribution in [0.2, 0.25) is 5.02 Å². The first-order chi connectivity index (χ1) is 21.5. The van der Waals surface area contributed by atoms with Crippen molar-refractivity contribution in [2.45, 2.75) is 81.2 Å². The van der Waals surface area contributed by atoms with Crippen molar-refractivity contribution in [3.05, 3.63) is 46.6 Å². The summed E-state index contributed by atoms with van der Waals surface area (Å²) in [5, 5.41) is 17.3. The molecule has 9 nitrogen and oxygen atoms in total. The van der Waals surface area contributed by atoms with Crippen LogP contribution in [0.3, 0.4) is 0 Å². The average molecular weight is 616 g/mol. The summed E-state index contributed by atoms with van der Waals surface area (Å²) in [7, 11) is 2.25. The van der Waals surface area contributed by atoms with Crippen molar-refractivity contribution < 1.29 is 9.84 Å². The van der Waals surface area contributed by atoms with Crippen LogP contribution in [-0.4, -0.2) is 94.9 Å².